The second-order valence-corrected chi connectivity index (χ2v) is 7.90. The molecule has 0 aliphatic carbocycles. The van der Waals surface area contributed by atoms with Crippen LogP contribution >= 0.6 is 0 Å². The van der Waals surface area contributed by atoms with Crippen LogP contribution in [0, 0.1) is 0 Å². The summed E-state index contributed by atoms with van der Waals surface area (Å²) in [5.74, 6) is 0. The van der Waals surface area contributed by atoms with Crippen molar-refractivity contribution in [2.24, 2.45) is 0 Å². The first kappa shape index (κ1) is 15.3. The second-order valence-electron chi connectivity index (χ2n) is 7.90. The van der Waals surface area contributed by atoms with Crippen molar-refractivity contribution in [3.05, 3.63) is 35.9 Å². The van der Waals surface area contributed by atoms with E-state index in [9.17, 15) is 0 Å². The number of morpholine rings is 1. The van der Waals surface area contributed by atoms with Gasteiger partial charge in [0.1, 0.15) is 0 Å². The zero-order valence-electron chi connectivity index (χ0n) is 14.3. The maximum absolute atomic E-state index is 5.80. The van der Waals surface area contributed by atoms with E-state index in [0.29, 0.717) is 17.6 Å². The van der Waals surface area contributed by atoms with Gasteiger partial charge >= 0.3 is 0 Å². The van der Waals surface area contributed by atoms with E-state index in [1.165, 1.54) is 25.2 Å². The molecule has 4 aliphatic heterocycles. The van der Waals surface area contributed by atoms with Crippen LogP contribution in [0.4, 0.5) is 0 Å². The van der Waals surface area contributed by atoms with Gasteiger partial charge < -0.3 is 9.47 Å². The van der Waals surface area contributed by atoms with Gasteiger partial charge in [-0.1, -0.05) is 30.3 Å². The molecule has 0 amide bonds. The summed E-state index contributed by atoms with van der Waals surface area (Å²) >= 11 is 0. The Hall–Kier alpha value is -0.980. The zero-order valence-corrected chi connectivity index (χ0v) is 14.3. The fourth-order valence-electron chi connectivity index (χ4n) is 4.95. The average molecular weight is 329 g/mol. The van der Waals surface area contributed by atoms with Crippen molar-refractivity contribution in [1.82, 2.24) is 14.7 Å². The van der Waals surface area contributed by atoms with Crippen LogP contribution in [0.15, 0.2) is 30.3 Å². The summed E-state index contributed by atoms with van der Waals surface area (Å²) in [7, 11) is 0. The Bertz CT molecular complexity index is 571. The number of likely N-dealkylation sites (tertiary alicyclic amines) is 1. The predicted octanol–water partition coefficient (Wildman–Crippen LogP) is 0.656. The number of hydrogen-bond acceptors (Lipinski definition) is 5. The zero-order chi connectivity index (χ0) is 16.0. The highest BCUT2D eigenvalue weighted by molar-refractivity contribution is 5.17. The minimum Gasteiger partial charge on any atom is -0.378 e. The Balaban J connectivity index is 1.32. The van der Waals surface area contributed by atoms with E-state index in [-0.39, 0.29) is 0 Å². The van der Waals surface area contributed by atoms with E-state index in [2.05, 4.69) is 45.0 Å². The van der Waals surface area contributed by atoms with Gasteiger partial charge in [-0.2, -0.15) is 0 Å². The molecule has 0 unspecified atom stereocenters. The van der Waals surface area contributed by atoms with E-state index in [1.807, 2.05) is 0 Å². The molecule has 130 valence electrons. The van der Waals surface area contributed by atoms with Crippen molar-refractivity contribution < 1.29 is 9.47 Å². The van der Waals surface area contributed by atoms with Crippen LogP contribution in [0.25, 0.3) is 0 Å². The van der Waals surface area contributed by atoms with Gasteiger partial charge in [-0.3, -0.25) is 14.7 Å². The van der Waals surface area contributed by atoms with Crippen LogP contribution < -0.4 is 0 Å². The first-order valence-electron chi connectivity index (χ1n) is 9.25. The fourth-order valence-corrected chi connectivity index (χ4v) is 4.95. The Kier molecular flexibility index (Phi) is 3.87. The van der Waals surface area contributed by atoms with Crippen LogP contribution in [-0.2, 0) is 16.0 Å². The smallest absolute Gasteiger partial charge is 0.0645 e. The summed E-state index contributed by atoms with van der Waals surface area (Å²) in [6, 6.07) is 12.1. The summed E-state index contributed by atoms with van der Waals surface area (Å²) in [4.78, 5) is 8.05. The lowest BCUT2D eigenvalue weighted by atomic mass is 9.81. The van der Waals surface area contributed by atoms with Crippen molar-refractivity contribution in [2.45, 2.75) is 24.2 Å². The van der Waals surface area contributed by atoms with Gasteiger partial charge in [0.05, 0.1) is 38.0 Å². The number of piperazine rings is 1. The molecular weight excluding hydrogens is 302 g/mol. The third-order valence-corrected chi connectivity index (χ3v) is 6.20. The van der Waals surface area contributed by atoms with Crippen molar-refractivity contribution in [3.8, 4) is 0 Å². The lowest BCUT2D eigenvalue weighted by Gasteiger charge is -2.65. The van der Waals surface area contributed by atoms with Gasteiger partial charge in [-0.25, -0.2) is 0 Å². The third kappa shape index (κ3) is 2.59. The van der Waals surface area contributed by atoms with Gasteiger partial charge in [0.2, 0.25) is 0 Å². The molecular formula is C19H27N3O2. The maximum atomic E-state index is 5.80. The third-order valence-electron chi connectivity index (χ3n) is 6.20. The lowest BCUT2D eigenvalue weighted by Crippen LogP contribution is -2.82. The maximum Gasteiger partial charge on any atom is 0.0645 e. The summed E-state index contributed by atoms with van der Waals surface area (Å²) in [5.41, 5.74) is 1.75. The van der Waals surface area contributed by atoms with Crippen LogP contribution in [0.3, 0.4) is 0 Å². The number of ether oxygens (including phenoxy) is 2. The van der Waals surface area contributed by atoms with Gasteiger partial charge in [0.15, 0.2) is 0 Å². The molecule has 1 atom stereocenters. The first-order valence-corrected chi connectivity index (χ1v) is 9.25. The summed E-state index contributed by atoms with van der Waals surface area (Å²) in [5, 5.41) is 0. The Morgan fingerprint density at radius 2 is 1.75 bits per heavy atom. The molecule has 0 saturated carbocycles. The number of nitrogens with zero attached hydrogens (tertiary/aromatic N) is 3. The molecule has 4 saturated heterocycles. The SMILES string of the molecule is c1ccc(CN2C[C@@H]3COCCN3C3(C2)CN(C2COC2)C3)cc1. The number of fused-ring (bicyclic) bond motifs is 2. The molecule has 0 radical (unpaired) electrons. The molecule has 4 heterocycles. The predicted molar refractivity (Wildman–Crippen MR) is 91.9 cm³/mol. The van der Waals surface area contributed by atoms with E-state index in [1.54, 1.807) is 0 Å². The standard InChI is InChI=1S/C19H27N3O2/c1-2-4-16(5-3-1)8-20-9-17-10-23-7-6-22(17)19(13-20)14-21(15-19)18-11-24-12-18/h1-5,17-18H,6-15H2/t17-/m1/s1. The molecule has 5 heteroatoms. The fraction of sp³-hybridized carbons (Fsp3) is 0.684. The van der Waals surface area contributed by atoms with Crippen LogP contribution in [0.1, 0.15) is 5.56 Å². The Labute approximate surface area is 144 Å². The molecule has 5 rings (SSSR count). The van der Waals surface area contributed by atoms with Gasteiger partial charge in [-0.05, 0) is 5.56 Å². The van der Waals surface area contributed by atoms with Crippen LogP contribution in [-0.4, -0.2) is 91.5 Å². The molecule has 1 aromatic carbocycles. The van der Waals surface area contributed by atoms with Crippen LogP contribution in [0.2, 0.25) is 0 Å². The number of rotatable bonds is 3. The summed E-state index contributed by atoms with van der Waals surface area (Å²) in [6.45, 7) is 10.5. The molecule has 0 aromatic heterocycles. The number of hydrogen-bond donors (Lipinski definition) is 0. The second kappa shape index (κ2) is 6.07. The summed E-state index contributed by atoms with van der Waals surface area (Å²) < 4.78 is 11.2. The lowest BCUT2D eigenvalue weighted by molar-refractivity contribution is -0.197. The van der Waals surface area contributed by atoms with E-state index < -0.39 is 0 Å². The van der Waals surface area contributed by atoms with Crippen molar-refractivity contribution >= 4 is 0 Å². The number of benzene rings is 1. The molecule has 4 fully saturated rings. The molecule has 1 aromatic rings. The molecule has 1 spiro atoms. The summed E-state index contributed by atoms with van der Waals surface area (Å²) in [6.07, 6.45) is 0. The normalized spacial score (nSPS) is 31.4. The molecule has 0 N–H and O–H groups in total. The topological polar surface area (TPSA) is 28.2 Å². The van der Waals surface area contributed by atoms with E-state index >= 15 is 0 Å². The van der Waals surface area contributed by atoms with Gasteiger partial charge in [-0.15, -0.1) is 0 Å². The average Bonchev–Trinajstić information content (AvgIpc) is 2.53. The highest BCUT2D eigenvalue weighted by atomic mass is 16.5. The highest BCUT2D eigenvalue weighted by Crippen LogP contribution is 2.37. The molecule has 5 nitrogen and oxygen atoms in total. The molecule has 4 aliphatic rings. The Morgan fingerprint density at radius 1 is 0.958 bits per heavy atom. The Morgan fingerprint density at radius 3 is 2.50 bits per heavy atom. The quantitative estimate of drug-likeness (QED) is 0.812. The van der Waals surface area contributed by atoms with Crippen molar-refractivity contribution in [3.63, 3.8) is 0 Å². The van der Waals surface area contributed by atoms with Gasteiger partial charge in [0, 0.05) is 45.3 Å². The largest absolute Gasteiger partial charge is 0.378 e. The van der Waals surface area contributed by atoms with Crippen molar-refractivity contribution in [2.75, 3.05) is 59.2 Å². The monoisotopic (exact) mass is 329 g/mol. The minimum atomic E-state index is 0.330. The first-order chi connectivity index (χ1) is 11.8. The molecule has 24 heavy (non-hydrogen) atoms. The van der Waals surface area contributed by atoms with Crippen molar-refractivity contribution in [1.29, 1.82) is 0 Å². The van der Waals surface area contributed by atoms with Crippen LogP contribution in [0.5, 0.6) is 0 Å². The highest BCUT2D eigenvalue weighted by Gasteiger charge is 2.55. The van der Waals surface area contributed by atoms with E-state index in [0.717, 1.165) is 46.1 Å². The van der Waals surface area contributed by atoms with Gasteiger partial charge in [0.25, 0.3) is 0 Å². The van der Waals surface area contributed by atoms with E-state index in [4.69, 9.17) is 9.47 Å². The molecule has 0 bridgehead atoms. The minimum absolute atomic E-state index is 0.330.